The third-order valence-corrected chi connectivity index (χ3v) is 2.72. The monoisotopic (exact) mass is 336 g/mol. The number of aromatic hydroxyl groups is 1. The number of benzene rings is 2. The smallest absolute Gasteiger partial charge is 0.324 e. The standard InChI is InChI=1S/C7H9N.C6H3N3O7/c1-8-7-5-3-2-4-6-7;10-6-4(8(13)14)1-3(7(11)12)2-5(6)9(15)16/h2-6,8H,1H3;1-2,10H. The average molecular weight is 336 g/mol. The molecule has 2 aromatic carbocycles. The first-order chi connectivity index (χ1) is 11.3. The number of nitro groups is 3. The molecule has 2 N–H and O–H groups in total. The first-order valence-corrected chi connectivity index (χ1v) is 6.31. The summed E-state index contributed by atoms with van der Waals surface area (Å²) < 4.78 is 0. The van der Waals surface area contributed by atoms with Gasteiger partial charge in [0, 0.05) is 12.7 Å². The number of non-ortho nitro benzene ring substituents is 1. The van der Waals surface area contributed by atoms with Gasteiger partial charge in [-0.15, -0.1) is 0 Å². The molecular formula is C13H12N4O7. The van der Waals surface area contributed by atoms with Crippen molar-refractivity contribution in [3.63, 3.8) is 0 Å². The number of para-hydroxylation sites is 1. The number of nitrogens with one attached hydrogen (secondary N) is 1. The molecule has 0 aliphatic rings. The molecule has 2 aromatic rings. The van der Waals surface area contributed by atoms with Crippen LogP contribution in [0.15, 0.2) is 42.5 Å². The van der Waals surface area contributed by atoms with Gasteiger partial charge in [0.2, 0.25) is 0 Å². The molecule has 0 spiro atoms. The van der Waals surface area contributed by atoms with Crippen LogP contribution in [0, 0.1) is 30.3 Å². The Morgan fingerprint density at radius 2 is 1.33 bits per heavy atom. The molecule has 0 atom stereocenters. The molecule has 0 heterocycles. The molecule has 0 bridgehead atoms. The Labute approximate surface area is 134 Å². The third kappa shape index (κ3) is 4.62. The van der Waals surface area contributed by atoms with E-state index < -0.39 is 37.6 Å². The summed E-state index contributed by atoms with van der Waals surface area (Å²) in [4.78, 5) is 27.8. The Morgan fingerprint density at radius 3 is 1.62 bits per heavy atom. The molecule has 126 valence electrons. The van der Waals surface area contributed by atoms with E-state index in [1.807, 2.05) is 37.4 Å². The van der Waals surface area contributed by atoms with E-state index >= 15 is 0 Å². The number of phenolic OH excluding ortho intramolecular Hbond substituents is 1. The summed E-state index contributed by atoms with van der Waals surface area (Å²) in [5, 5.41) is 43.2. The van der Waals surface area contributed by atoms with Crippen molar-refractivity contribution >= 4 is 22.7 Å². The van der Waals surface area contributed by atoms with Gasteiger partial charge in [0.25, 0.3) is 11.4 Å². The summed E-state index contributed by atoms with van der Waals surface area (Å²) in [7, 11) is 1.91. The van der Waals surface area contributed by atoms with Gasteiger partial charge in [-0.1, -0.05) is 18.2 Å². The summed E-state index contributed by atoms with van der Waals surface area (Å²) >= 11 is 0. The van der Waals surface area contributed by atoms with Crippen LogP contribution in [-0.2, 0) is 0 Å². The Bertz CT molecular complexity index is 729. The summed E-state index contributed by atoms with van der Waals surface area (Å²) in [6, 6.07) is 11.0. The quantitative estimate of drug-likeness (QED) is 0.636. The lowest BCUT2D eigenvalue weighted by molar-refractivity contribution is -0.404. The van der Waals surface area contributed by atoms with Gasteiger partial charge in [-0.05, 0) is 12.1 Å². The molecule has 11 heteroatoms. The lowest BCUT2D eigenvalue weighted by Gasteiger charge is -1.97. The third-order valence-electron chi connectivity index (χ3n) is 2.72. The molecule has 0 radical (unpaired) electrons. The van der Waals surface area contributed by atoms with Crippen LogP contribution >= 0.6 is 0 Å². The minimum absolute atomic E-state index is 0.447. The fraction of sp³-hybridized carbons (Fsp3) is 0.0769. The van der Waals surface area contributed by atoms with Crippen LogP contribution in [0.2, 0.25) is 0 Å². The zero-order valence-electron chi connectivity index (χ0n) is 12.3. The molecule has 0 saturated heterocycles. The predicted molar refractivity (Wildman–Crippen MR) is 84.1 cm³/mol. The number of hydrogen-bond acceptors (Lipinski definition) is 8. The van der Waals surface area contributed by atoms with E-state index in [4.69, 9.17) is 5.11 Å². The summed E-state index contributed by atoms with van der Waals surface area (Å²) in [6.45, 7) is 0. The lowest BCUT2D eigenvalue weighted by atomic mass is 10.2. The van der Waals surface area contributed by atoms with E-state index in [1.165, 1.54) is 0 Å². The molecule has 0 aliphatic heterocycles. The van der Waals surface area contributed by atoms with Crippen molar-refractivity contribution < 1.29 is 19.9 Å². The predicted octanol–water partition coefficient (Wildman–Crippen LogP) is 2.85. The molecule has 0 fully saturated rings. The molecule has 24 heavy (non-hydrogen) atoms. The van der Waals surface area contributed by atoms with Crippen LogP contribution in [0.3, 0.4) is 0 Å². The maximum absolute atomic E-state index is 10.4. The number of nitrogens with zero attached hydrogens (tertiary/aromatic N) is 3. The highest BCUT2D eigenvalue weighted by Crippen LogP contribution is 2.38. The van der Waals surface area contributed by atoms with Crippen LogP contribution in [-0.4, -0.2) is 26.9 Å². The number of phenols is 1. The highest BCUT2D eigenvalue weighted by atomic mass is 16.6. The minimum atomic E-state index is -1.21. The zero-order valence-corrected chi connectivity index (χ0v) is 12.3. The van der Waals surface area contributed by atoms with Gasteiger partial charge in [-0.3, -0.25) is 30.3 Å². The van der Waals surface area contributed by atoms with E-state index in [-0.39, 0.29) is 0 Å². The Morgan fingerprint density at radius 1 is 0.875 bits per heavy atom. The zero-order chi connectivity index (χ0) is 18.3. The van der Waals surface area contributed by atoms with E-state index in [1.54, 1.807) is 0 Å². The second-order valence-electron chi connectivity index (χ2n) is 4.22. The van der Waals surface area contributed by atoms with Crippen molar-refractivity contribution in [1.29, 1.82) is 0 Å². The van der Waals surface area contributed by atoms with Crippen LogP contribution in [0.4, 0.5) is 22.7 Å². The van der Waals surface area contributed by atoms with Crippen molar-refractivity contribution in [2.75, 3.05) is 12.4 Å². The van der Waals surface area contributed by atoms with Gasteiger partial charge < -0.3 is 10.4 Å². The number of hydrogen-bond donors (Lipinski definition) is 2. The van der Waals surface area contributed by atoms with Gasteiger partial charge in [0.15, 0.2) is 0 Å². The number of anilines is 1. The van der Waals surface area contributed by atoms with Crippen molar-refractivity contribution in [1.82, 2.24) is 0 Å². The Kier molecular flexibility index (Phi) is 6.12. The van der Waals surface area contributed by atoms with E-state index in [9.17, 15) is 30.3 Å². The van der Waals surface area contributed by atoms with Crippen molar-refractivity contribution in [3.05, 3.63) is 72.8 Å². The van der Waals surface area contributed by atoms with Crippen LogP contribution < -0.4 is 5.32 Å². The topological polar surface area (TPSA) is 162 Å². The molecular weight excluding hydrogens is 324 g/mol. The fourth-order valence-corrected chi connectivity index (χ4v) is 1.58. The van der Waals surface area contributed by atoms with E-state index in [2.05, 4.69) is 5.32 Å². The second-order valence-corrected chi connectivity index (χ2v) is 4.22. The number of rotatable bonds is 4. The molecule has 2 rings (SSSR count). The molecule has 0 aromatic heterocycles. The Hall–Kier alpha value is -3.76. The number of nitro benzene ring substituents is 3. The highest BCUT2D eigenvalue weighted by Gasteiger charge is 2.30. The summed E-state index contributed by atoms with van der Waals surface area (Å²) in [5.74, 6) is -1.21. The first kappa shape index (κ1) is 18.3. The highest BCUT2D eigenvalue weighted by molar-refractivity contribution is 5.64. The fourth-order valence-electron chi connectivity index (χ4n) is 1.58. The van der Waals surface area contributed by atoms with E-state index in [0.29, 0.717) is 12.1 Å². The van der Waals surface area contributed by atoms with Crippen LogP contribution in [0.25, 0.3) is 0 Å². The lowest BCUT2D eigenvalue weighted by Crippen LogP contribution is -1.97. The normalized spacial score (nSPS) is 9.38. The summed E-state index contributed by atoms with van der Waals surface area (Å²) in [5.41, 5.74) is -1.84. The molecule has 0 amide bonds. The van der Waals surface area contributed by atoms with Gasteiger partial charge in [0.05, 0.1) is 26.9 Å². The van der Waals surface area contributed by atoms with Crippen molar-refractivity contribution in [2.24, 2.45) is 0 Å². The maximum atomic E-state index is 10.4. The van der Waals surface area contributed by atoms with Gasteiger partial charge >= 0.3 is 11.4 Å². The SMILES string of the molecule is CNc1ccccc1.O=[N+]([O-])c1cc([N+](=O)[O-])c(O)c([N+](=O)[O-])c1. The van der Waals surface area contributed by atoms with Crippen molar-refractivity contribution in [2.45, 2.75) is 0 Å². The van der Waals surface area contributed by atoms with E-state index in [0.717, 1.165) is 5.69 Å². The maximum Gasteiger partial charge on any atom is 0.324 e. The molecule has 0 unspecified atom stereocenters. The van der Waals surface area contributed by atoms with Gasteiger partial charge in [-0.25, -0.2) is 0 Å². The second kappa shape index (κ2) is 8.03. The molecule has 0 saturated carbocycles. The van der Waals surface area contributed by atoms with Gasteiger partial charge in [-0.2, -0.15) is 0 Å². The first-order valence-electron chi connectivity index (χ1n) is 6.31. The molecule has 0 aliphatic carbocycles. The van der Waals surface area contributed by atoms with Crippen LogP contribution in [0.5, 0.6) is 5.75 Å². The largest absolute Gasteiger partial charge is 0.497 e. The molecule has 11 nitrogen and oxygen atoms in total. The van der Waals surface area contributed by atoms with Crippen LogP contribution in [0.1, 0.15) is 0 Å². The Balaban J connectivity index is 0.000000300. The van der Waals surface area contributed by atoms with Crippen molar-refractivity contribution in [3.8, 4) is 5.75 Å². The average Bonchev–Trinajstić information content (AvgIpc) is 2.55. The van der Waals surface area contributed by atoms with Gasteiger partial charge in [0.1, 0.15) is 0 Å². The summed E-state index contributed by atoms with van der Waals surface area (Å²) in [6.07, 6.45) is 0. The minimum Gasteiger partial charge on any atom is -0.497 e.